The number of likely N-dealkylation sites (tertiary alicyclic amines) is 1. The zero-order valence-electron chi connectivity index (χ0n) is 11.3. The second-order valence-electron chi connectivity index (χ2n) is 6.14. The van der Waals surface area contributed by atoms with Crippen LogP contribution < -0.4 is 0 Å². The van der Waals surface area contributed by atoms with Crippen LogP contribution in [0.25, 0.3) is 0 Å². The molecule has 1 saturated carbocycles. The molecule has 0 N–H and O–H groups in total. The van der Waals surface area contributed by atoms with Gasteiger partial charge < -0.3 is 14.6 Å². The van der Waals surface area contributed by atoms with Gasteiger partial charge in [0.1, 0.15) is 6.29 Å². The fraction of sp³-hybridized carbons (Fsp3) is 0.929. The molecule has 3 nitrogen and oxygen atoms in total. The minimum atomic E-state index is -0.0158. The first-order valence-electron chi connectivity index (χ1n) is 7.00. The standard InChI is InChI=1S/C14H26N2O/c1-15-9-5-13(6-10-15)16(2)11-14(12-17)7-3-4-8-14/h12-13H,3-11H2,1-2H3. The molecule has 0 unspecified atom stereocenters. The average Bonchev–Trinajstić information content (AvgIpc) is 2.79. The van der Waals surface area contributed by atoms with Crippen molar-refractivity contribution < 1.29 is 4.79 Å². The molecular formula is C14H26N2O. The van der Waals surface area contributed by atoms with Crippen molar-refractivity contribution in [2.75, 3.05) is 33.7 Å². The smallest absolute Gasteiger partial charge is 0.127 e. The molecule has 0 aromatic rings. The number of carbonyl (C=O) groups is 1. The van der Waals surface area contributed by atoms with Crippen LogP contribution in [0.3, 0.4) is 0 Å². The van der Waals surface area contributed by atoms with Gasteiger partial charge in [-0.25, -0.2) is 0 Å². The summed E-state index contributed by atoms with van der Waals surface area (Å²) < 4.78 is 0. The molecule has 0 bridgehead atoms. The lowest BCUT2D eigenvalue weighted by Gasteiger charge is -2.38. The van der Waals surface area contributed by atoms with E-state index in [4.69, 9.17) is 0 Å². The molecule has 2 aliphatic rings. The lowest BCUT2D eigenvalue weighted by molar-refractivity contribution is -0.117. The number of aldehydes is 1. The van der Waals surface area contributed by atoms with E-state index in [-0.39, 0.29) is 5.41 Å². The van der Waals surface area contributed by atoms with Crippen LogP contribution >= 0.6 is 0 Å². The molecule has 0 radical (unpaired) electrons. The maximum atomic E-state index is 11.4. The summed E-state index contributed by atoms with van der Waals surface area (Å²) in [4.78, 5) is 16.2. The van der Waals surface area contributed by atoms with Crippen molar-refractivity contribution in [2.45, 2.75) is 44.6 Å². The van der Waals surface area contributed by atoms with Gasteiger partial charge >= 0.3 is 0 Å². The highest BCUT2D eigenvalue weighted by molar-refractivity contribution is 5.60. The molecule has 2 rings (SSSR count). The molecular weight excluding hydrogens is 212 g/mol. The lowest BCUT2D eigenvalue weighted by atomic mass is 9.86. The fourth-order valence-corrected chi connectivity index (χ4v) is 3.45. The van der Waals surface area contributed by atoms with Gasteiger partial charge in [0, 0.05) is 18.0 Å². The van der Waals surface area contributed by atoms with E-state index in [1.807, 2.05) is 0 Å². The van der Waals surface area contributed by atoms with E-state index in [1.165, 1.54) is 45.1 Å². The van der Waals surface area contributed by atoms with Gasteiger partial charge in [-0.1, -0.05) is 12.8 Å². The molecule has 0 atom stereocenters. The van der Waals surface area contributed by atoms with E-state index in [1.54, 1.807) is 0 Å². The van der Waals surface area contributed by atoms with Crippen LogP contribution in [0.5, 0.6) is 0 Å². The number of piperidine rings is 1. The maximum absolute atomic E-state index is 11.4. The molecule has 1 saturated heterocycles. The third kappa shape index (κ3) is 3.08. The molecule has 1 aliphatic carbocycles. The van der Waals surface area contributed by atoms with E-state index < -0.39 is 0 Å². The van der Waals surface area contributed by atoms with Crippen LogP contribution in [0.1, 0.15) is 38.5 Å². The van der Waals surface area contributed by atoms with Gasteiger partial charge in [0.15, 0.2) is 0 Å². The van der Waals surface area contributed by atoms with Gasteiger partial charge in [-0.3, -0.25) is 0 Å². The van der Waals surface area contributed by atoms with E-state index >= 15 is 0 Å². The van der Waals surface area contributed by atoms with Crippen molar-refractivity contribution in [1.29, 1.82) is 0 Å². The molecule has 2 fully saturated rings. The number of hydrogen-bond acceptors (Lipinski definition) is 3. The fourth-order valence-electron chi connectivity index (χ4n) is 3.45. The van der Waals surface area contributed by atoms with E-state index in [2.05, 4.69) is 23.9 Å². The Hall–Kier alpha value is -0.410. The van der Waals surface area contributed by atoms with E-state index in [9.17, 15) is 4.79 Å². The van der Waals surface area contributed by atoms with Gasteiger partial charge in [0.25, 0.3) is 0 Å². The lowest BCUT2D eigenvalue weighted by Crippen LogP contribution is -2.46. The first-order valence-corrected chi connectivity index (χ1v) is 7.00. The third-order valence-corrected chi connectivity index (χ3v) is 4.73. The SMILES string of the molecule is CN1CCC(N(C)CC2(C=O)CCCC2)CC1. The van der Waals surface area contributed by atoms with Crippen LogP contribution in [0, 0.1) is 5.41 Å². The predicted octanol–water partition coefficient (Wildman–Crippen LogP) is 1.77. The third-order valence-electron chi connectivity index (χ3n) is 4.73. The Morgan fingerprint density at radius 3 is 2.41 bits per heavy atom. The Balaban J connectivity index is 1.87. The Morgan fingerprint density at radius 2 is 1.88 bits per heavy atom. The Labute approximate surface area is 105 Å². The minimum Gasteiger partial charge on any atom is -0.306 e. The summed E-state index contributed by atoms with van der Waals surface area (Å²) in [5.41, 5.74) is -0.0158. The molecule has 0 aromatic carbocycles. The molecule has 98 valence electrons. The molecule has 3 heteroatoms. The molecule has 17 heavy (non-hydrogen) atoms. The van der Waals surface area contributed by atoms with Crippen molar-refractivity contribution in [1.82, 2.24) is 9.80 Å². The number of carbonyl (C=O) groups excluding carboxylic acids is 1. The van der Waals surface area contributed by atoms with Gasteiger partial charge in [0.05, 0.1) is 0 Å². The normalized spacial score (nSPS) is 26.5. The molecule has 0 amide bonds. The van der Waals surface area contributed by atoms with E-state index in [0.717, 1.165) is 19.4 Å². The first-order chi connectivity index (χ1) is 8.15. The molecule has 1 aliphatic heterocycles. The van der Waals surface area contributed by atoms with Crippen LogP contribution in [0.15, 0.2) is 0 Å². The number of nitrogens with zero attached hydrogens (tertiary/aromatic N) is 2. The largest absolute Gasteiger partial charge is 0.306 e. The summed E-state index contributed by atoms with van der Waals surface area (Å²) in [6, 6.07) is 0.684. The summed E-state index contributed by atoms with van der Waals surface area (Å²) >= 11 is 0. The molecule has 0 aromatic heterocycles. The van der Waals surface area contributed by atoms with Crippen molar-refractivity contribution in [2.24, 2.45) is 5.41 Å². The zero-order chi connectivity index (χ0) is 12.3. The summed E-state index contributed by atoms with van der Waals surface area (Å²) in [7, 11) is 4.40. The van der Waals surface area contributed by atoms with Gasteiger partial charge in [0.2, 0.25) is 0 Å². The Bertz CT molecular complexity index is 253. The first kappa shape index (κ1) is 13.0. The second-order valence-corrected chi connectivity index (χ2v) is 6.14. The quantitative estimate of drug-likeness (QED) is 0.697. The van der Waals surface area contributed by atoms with Crippen LogP contribution in [0.4, 0.5) is 0 Å². The summed E-state index contributed by atoms with van der Waals surface area (Å²) in [6.07, 6.45) is 8.43. The van der Waals surface area contributed by atoms with E-state index in [0.29, 0.717) is 6.04 Å². The summed E-state index contributed by atoms with van der Waals surface area (Å²) in [6.45, 7) is 3.37. The van der Waals surface area contributed by atoms with Crippen LogP contribution in [-0.2, 0) is 4.79 Å². The average molecular weight is 238 g/mol. The zero-order valence-corrected chi connectivity index (χ0v) is 11.3. The van der Waals surface area contributed by atoms with Crippen molar-refractivity contribution in [3.05, 3.63) is 0 Å². The second kappa shape index (κ2) is 5.49. The molecule has 1 heterocycles. The Morgan fingerprint density at radius 1 is 1.29 bits per heavy atom. The Kier molecular flexibility index (Phi) is 4.21. The topological polar surface area (TPSA) is 23.6 Å². The number of hydrogen-bond donors (Lipinski definition) is 0. The summed E-state index contributed by atoms with van der Waals surface area (Å²) in [5, 5.41) is 0. The van der Waals surface area contributed by atoms with Crippen LogP contribution in [-0.4, -0.2) is 55.9 Å². The maximum Gasteiger partial charge on any atom is 0.127 e. The highest BCUT2D eigenvalue weighted by atomic mass is 16.1. The minimum absolute atomic E-state index is 0.0158. The van der Waals surface area contributed by atoms with Crippen molar-refractivity contribution >= 4 is 6.29 Å². The van der Waals surface area contributed by atoms with Crippen molar-refractivity contribution in [3.63, 3.8) is 0 Å². The molecule has 0 spiro atoms. The van der Waals surface area contributed by atoms with Crippen LogP contribution in [0.2, 0.25) is 0 Å². The monoisotopic (exact) mass is 238 g/mol. The highest BCUT2D eigenvalue weighted by Crippen LogP contribution is 2.37. The predicted molar refractivity (Wildman–Crippen MR) is 70.1 cm³/mol. The number of rotatable bonds is 4. The van der Waals surface area contributed by atoms with Crippen molar-refractivity contribution in [3.8, 4) is 0 Å². The van der Waals surface area contributed by atoms with Gasteiger partial charge in [-0.15, -0.1) is 0 Å². The summed E-state index contributed by atoms with van der Waals surface area (Å²) in [5.74, 6) is 0. The van der Waals surface area contributed by atoms with Gasteiger partial charge in [-0.2, -0.15) is 0 Å². The highest BCUT2D eigenvalue weighted by Gasteiger charge is 2.36. The van der Waals surface area contributed by atoms with Gasteiger partial charge in [-0.05, 0) is 52.9 Å².